The summed E-state index contributed by atoms with van der Waals surface area (Å²) < 4.78 is 78.2. The highest BCUT2D eigenvalue weighted by Crippen LogP contribution is 2.37. The van der Waals surface area contributed by atoms with Crippen LogP contribution in [0, 0.1) is 12.8 Å². The Kier molecular flexibility index (Phi) is 6.02. The molecule has 0 spiro atoms. The lowest BCUT2D eigenvalue weighted by Gasteiger charge is -2.19. The highest BCUT2D eigenvalue weighted by molar-refractivity contribution is 5.97. The molecule has 1 aliphatic rings. The summed E-state index contributed by atoms with van der Waals surface area (Å²) in [6.45, 7) is 1.31. The number of nitrogens with one attached hydrogen (secondary N) is 1. The minimum atomic E-state index is -4.97. The molecule has 0 saturated carbocycles. The van der Waals surface area contributed by atoms with Gasteiger partial charge in [-0.05, 0) is 42.8 Å². The van der Waals surface area contributed by atoms with Crippen molar-refractivity contribution in [3.05, 3.63) is 64.7 Å². The van der Waals surface area contributed by atoms with Gasteiger partial charge in [0.25, 0.3) is 0 Å². The molecule has 31 heavy (non-hydrogen) atoms. The normalized spacial score (nSPS) is 17.2. The number of alkyl halides is 6. The number of hydrogen-bond donors (Lipinski definition) is 1. The van der Waals surface area contributed by atoms with Crippen LogP contribution in [0.4, 0.5) is 32.0 Å². The Morgan fingerprint density at radius 3 is 2.06 bits per heavy atom. The molecular formula is C21H18F6N2O2. The van der Waals surface area contributed by atoms with Crippen LogP contribution in [0.5, 0.6) is 0 Å². The van der Waals surface area contributed by atoms with Gasteiger partial charge in [0.15, 0.2) is 0 Å². The largest absolute Gasteiger partial charge is 0.416 e. The summed E-state index contributed by atoms with van der Waals surface area (Å²) in [5, 5.41) is 2.66. The summed E-state index contributed by atoms with van der Waals surface area (Å²) in [6, 6.07) is 8.14. The Hall–Kier alpha value is -3.04. The summed E-state index contributed by atoms with van der Waals surface area (Å²) in [7, 11) is 0. The van der Waals surface area contributed by atoms with Gasteiger partial charge in [-0.3, -0.25) is 9.59 Å². The van der Waals surface area contributed by atoms with Crippen LogP contribution in [0.15, 0.2) is 42.5 Å². The summed E-state index contributed by atoms with van der Waals surface area (Å²) in [5.41, 5.74) is -1.70. The van der Waals surface area contributed by atoms with Gasteiger partial charge in [-0.2, -0.15) is 26.3 Å². The van der Waals surface area contributed by atoms with Crippen LogP contribution in [0.3, 0.4) is 0 Å². The highest BCUT2D eigenvalue weighted by atomic mass is 19.4. The number of rotatable bonds is 4. The van der Waals surface area contributed by atoms with Gasteiger partial charge in [0.2, 0.25) is 11.8 Å². The molecule has 4 nitrogen and oxygen atoms in total. The first-order valence-electron chi connectivity index (χ1n) is 9.26. The molecule has 1 saturated heterocycles. The minimum absolute atomic E-state index is 0.0348. The van der Waals surface area contributed by atoms with Crippen molar-refractivity contribution < 1.29 is 35.9 Å². The van der Waals surface area contributed by atoms with E-state index in [0.29, 0.717) is 17.8 Å². The molecule has 0 aliphatic carbocycles. The van der Waals surface area contributed by atoms with E-state index < -0.39 is 47.8 Å². The summed E-state index contributed by atoms with van der Waals surface area (Å²) in [4.78, 5) is 25.8. The van der Waals surface area contributed by atoms with E-state index in [0.717, 1.165) is 10.5 Å². The lowest BCUT2D eigenvalue weighted by molar-refractivity contribution is -0.143. The van der Waals surface area contributed by atoms with Gasteiger partial charge in [0.05, 0.1) is 17.0 Å². The number of carbonyl (C=O) groups excluding carboxylic acids is 2. The zero-order valence-corrected chi connectivity index (χ0v) is 16.3. The van der Waals surface area contributed by atoms with E-state index in [-0.39, 0.29) is 24.6 Å². The number of carbonyl (C=O) groups is 2. The van der Waals surface area contributed by atoms with Crippen LogP contribution in [-0.4, -0.2) is 23.3 Å². The number of benzene rings is 2. The molecule has 1 aliphatic heterocycles. The fourth-order valence-corrected chi connectivity index (χ4v) is 3.31. The van der Waals surface area contributed by atoms with Crippen molar-refractivity contribution in [1.29, 1.82) is 0 Å². The summed E-state index contributed by atoms with van der Waals surface area (Å²) in [6.07, 6.45) is -10.1. The van der Waals surface area contributed by atoms with Gasteiger partial charge >= 0.3 is 12.4 Å². The number of likely N-dealkylation sites (tertiary alicyclic amines) is 1. The van der Waals surface area contributed by atoms with Crippen molar-refractivity contribution in [2.75, 3.05) is 11.9 Å². The Bertz CT molecular complexity index is 951. The molecule has 2 aromatic rings. The van der Waals surface area contributed by atoms with E-state index in [9.17, 15) is 35.9 Å². The third-order valence-corrected chi connectivity index (χ3v) is 4.93. The first kappa shape index (κ1) is 22.6. The van der Waals surface area contributed by atoms with Gasteiger partial charge in [0, 0.05) is 25.2 Å². The first-order valence-corrected chi connectivity index (χ1v) is 9.26. The molecule has 1 fully saturated rings. The Morgan fingerprint density at radius 1 is 1.00 bits per heavy atom. The SMILES string of the molecule is Cc1ccc(NC(=O)C2CC(=O)N(Cc3cc(C(F)(F)F)cc(C(F)(F)F)c3)C2)cc1. The van der Waals surface area contributed by atoms with Gasteiger partial charge in [-0.25, -0.2) is 0 Å². The highest BCUT2D eigenvalue weighted by Gasteiger charge is 2.38. The third-order valence-electron chi connectivity index (χ3n) is 4.93. The molecule has 10 heteroatoms. The van der Waals surface area contributed by atoms with Crippen molar-refractivity contribution in [3.8, 4) is 0 Å². The molecule has 166 valence electrons. The Balaban J connectivity index is 1.75. The molecule has 2 aromatic carbocycles. The average molecular weight is 444 g/mol. The zero-order valence-electron chi connectivity index (χ0n) is 16.3. The van der Waals surface area contributed by atoms with Crippen molar-refractivity contribution in [2.24, 2.45) is 5.92 Å². The maximum Gasteiger partial charge on any atom is 0.416 e. The van der Waals surface area contributed by atoms with E-state index in [1.807, 2.05) is 6.92 Å². The standard InChI is InChI=1S/C21H18F6N2O2/c1-12-2-4-17(5-3-12)28-19(31)14-8-18(30)29(11-14)10-13-6-15(20(22,23)24)9-16(7-13)21(25,26)27/h2-7,9,14H,8,10-11H2,1H3,(H,28,31). The second-order valence-electron chi connectivity index (χ2n) is 7.44. The fraction of sp³-hybridized carbons (Fsp3) is 0.333. The van der Waals surface area contributed by atoms with E-state index in [1.165, 1.54) is 0 Å². The van der Waals surface area contributed by atoms with E-state index in [2.05, 4.69) is 5.32 Å². The van der Waals surface area contributed by atoms with E-state index in [4.69, 9.17) is 0 Å². The summed E-state index contributed by atoms with van der Waals surface area (Å²) >= 11 is 0. The fourth-order valence-electron chi connectivity index (χ4n) is 3.31. The van der Waals surface area contributed by atoms with Crippen molar-refractivity contribution >= 4 is 17.5 Å². The molecule has 1 N–H and O–H groups in total. The topological polar surface area (TPSA) is 49.4 Å². The van der Waals surface area contributed by atoms with Crippen LogP contribution in [0.2, 0.25) is 0 Å². The molecule has 2 amide bonds. The van der Waals surface area contributed by atoms with E-state index >= 15 is 0 Å². The molecule has 1 unspecified atom stereocenters. The lowest BCUT2D eigenvalue weighted by Crippen LogP contribution is -2.28. The molecule has 0 radical (unpaired) electrons. The predicted molar refractivity (Wildman–Crippen MR) is 99.8 cm³/mol. The molecular weight excluding hydrogens is 426 g/mol. The molecule has 1 atom stereocenters. The second-order valence-corrected chi connectivity index (χ2v) is 7.44. The molecule has 3 rings (SSSR count). The maximum absolute atomic E-state index is 13.0. The number of anilines is 1. The zero-order chi connectivity index (χ0) is 23.0. The monoisotopic (exact) mass is 444 g/mol. The summed E-state index contributed by atoms with van der Waals surface area (Å²) in [5.74, 6) is -1.73. The number of nitrogens with zero attached hydrogens (tertiary/aromatic N) is 1. The number of halogens is 6. The van der Waals surface area contributed by atoms with Crippen molar-refractivity contribution in [3.63, 3.8) is 0 Å². The second kappa shape index (κ2) is 8.24. The first-order chi connectivity index (χ1) is 14.3. The maximum atomic E-state index is 13.0. The van der Waals surface area contributed by atoms with E-state index in [1.54, 1.807) is 24.3 Å². The van der Waals surface area contributed by atoms with Gasteiger partial charge in [0.1, 0.15) is 0 Å². The van der Waals surface area contributed by atoms with Crippen LogP contribution >= 0.6 is 0 Å². The minimum Gasteiger partial charge on any atom is -0.338 e. The molecule has 0 aromatic heterocycles. The quantitative estimate of drug-likeness (QED) is 0.674. The smallest absolute Gasteiger partial charge is 0.338 e. The Morgan fingerprint density at radius 2 is 1.55 bits per heavy atom. The lowest BCUT2D eigenvalue weighted by atomic mass is 10.0. The molecule has 0 bridgehead atoms. The van der Waals surface area contributed by atoms with Crippen molar-refractivity contribution in [1.82, 2.24) is 4.90 Å². The number of hydrogen-bond acceptors (Lipinski definition) is 2. The number of aryl methyl sites for hydroxylation is 1. The predicted octanol–water partition coefficient (Wildman–Crippen LogP) is 5.02. The molecule has 1 heterocycles. The Labute approximate surface area is 173 Å². The van der Waals surface area contributed by atoms with Gasteiger partial charge in [-0.1, -0.05) is 17.7 Å². The van der Waals surface area contributed by atoms with Crippen LogP contribution < -0.4 is 5.32 Å². The van der Waals surface area contributed by atoms with Crippen LogP contribution in [0.1, 0.15) is 28.7 Å². The van der Waals surface area contributed by atoms with Gasteiger partial charge < -0.3 is 10.2 Å². The van der Waals surface area contributed by atoms with Crippen LogP contribution in [0.25, 0.3) is 0 Å². The number of amides is 2. The average Bonchev–Trinajstić information content (AvgIpc) is 3.02. The van der Waals surface area contributed by atoms with Gasteiger partial charge in [-0.15, -0.1) is 0 Å². The third kappa shape index (κ3) is 5.56. The van der Waals surface area contributed by atoms with Crippen LogP contribution in [-0.2, 0) is 28.5 Å². The van der Waals surface area contributed by atoms with Crippen molar-refractivity contribution in [2.45, 2.75) is 32.2 Å².